The summed E-state index contributed by atoms with van der Waals surface area (Å²) in [7, 11) is 0. The van der Waals surface area contributed by atoms with Crippen LogP contribution in [0.4, 0.5) is 0 Å². The first-order valence-electron chi connectivity index (χ1n) is 8.35. The molecule has 1 heterocycles. The fraction of sp³-hybridized carbons (Fsp3) is 1.00. The van der Waals surface area contributed by atoms with Crippen molar-refractivity contribution in [2.75, 3.05) is 19.6 Å². The van der Waals surface area contributed by atoms with Crippen LogP contribution in [-0.4, -0.2) is 36.6 Å². The summed E-state index contributed by atoms with van der Waals surface area (Å²) >= 11 is 0. The summed E-state index contributed by atoms with van der Waals surface area (Å²) < 4.78 is 0. The molecule has 1 aliphatic heterocycles. The largest absolute Gasteiger partial charge is 0.315 e. The van der Waals surface area contributed by atoms with E-state index in [1.165, 1.54) is 71.0 Å². The second kappa shape index (κ2) is 5.92. The van der Waals surface area contributed by atoms with Crippen molar-refractivity contribution in [2.24, 2.45) is 11.8 Å². The van der Waals surface area contributed by atoms with E-state index in [-0.39, 0.29) is 0 Å². The zero-order valence-electron chi connectivity index (χ0n) is 12.0. The topological polar surface area (TPSA) is 15.3 Å². The first-order valence-corrected chi connectivity index (χ1v) is 8.35. The van der Waals surface area contributed by atoms with Gasteiger partial charge in [0.2, 0.25) is 0 Å². The number of hydrogen-bond acceptors (Lipinski definition) is 2. The van der Waals surface area contributed by atoms with Crippen LogP contribution < -0.4 is 5.32 Å². The van der Waals surface area contributed by atoms with E-state index in [1.807, 2.05) is 0 Å². The van der Waals surface area contributed by atoms with Crippen molar-refractivity contribution in [2.45, 2.75) is 70.4 Å². The molecule has 3 rings (SSSR count). The normalized spacial score (nSPS) is 37.3. The van der Waals surface area contributed by atoms with Crippen LogP contribution in [0.3, 0.4) is 0 Å². The van der Waals surface area contributed by atoms with Crippen LogP contribution in [0.25, 0.3) is 0 Å². The van der Waals surface area contributed by atoms with E-state index in [0.717, 1.165) is 23.9 Å². The average molecular weight is 250 g/mol. The molecule has 0 radical (unpaired) electrons. The highest BCUT2D eigenvalue weighted by atomic mass is 15.2. The van der Waals surface area contributed by atoms with Gasteiger partial charge in [0.25, 0.3) is 0 Å². The van der Waals surface area contributed by atoms with Crippen molar-refractivity contribution in [3.8, 4) is 0 Å². The molecular formula is C16H30N2. The Balaban J connectivity index is 1.60. The van der Waals surface area contributed by atoms with Crippen LogP contribution in [0.5, 0.6) is 0 Å². The smallest absolute Gasteiger partial charge is 0.0235 e. The number of nitrogens with one attached hydrogen (secondary N) is 1. The van der Waals surface area contributed by atoms with Gasteiger partial charge < -0.3 is 5.32 Å². The Morgan fingerprint density at radius 3 is 2.56 bits per heavy atom. The van der Waals surface area contributed by atoms with Crippen LogP contribution in [0, 0.1) is 11.8 Å². The van der Waals surface area contributed by atoms with Crippen molar-refractivity contribution in [3.05, 3.63) is 0 Å². The van der Waals surface area contributed by atoms with Gasteiger partial charge in [-0.05, 0) is 63.5 Å². The lowest BCUT2D eigenvalue weighted by atomic mass is 9.81. The Morgan fingerprint density at radius 2 is 1.89 bits per heavy atom. The van der Waals surface area contributed by atoms with Gasteiger partial charge in [-0.2, -0.15) is 0 Å². The van der Waals surface area contributed by atoms with Crippen LogP contribution in [0.1, 0.15) is 58.3 Å². The summed E-state index contributed by atoms with van der Waals surface area (Å²) in [5.41, 5.74) is 0. The molecular weight excluding hydrogens is 220 g/mol. The first kappa shape index (κ1) is 12.9. The molecule has 104 valence electrons. The van der Waals surface area contributed by atoms with E-state index in [4.69, 9.17) is 0 Å². The number of rotatable bonds is 5. The van der Waals surface area contributed by atoms with Gasteiger partial charge in [0.15, 0.2) is 0 Å². The second-order valence-electron chi connectivity index (χ2n) is 6.80. The van der Waals surface area contributed by atoms with Crippen molar-refractivity contribution < 1.29 is 0 Å². The third-order valence-corrected chi connectivity index (χ3v) is 5.43. The Bertz CT molecular complexity index is 256. The fourth-order valence-electron chi connectivity index (χ4n) is 4.34. The minimum Gasteiger partial charge on any atom is -0.315 e. The van der Waals surface area contributed by atoms with Crippen molar-refractivity contribution in [3.63, 3.8) is 0 Å². The zero-order valence-corrected chi connectivity index (χ0v) is 12.0. The van der Waals surface area contributed by atoms with E-state index in [9.17, 15) is 0 Å². The monoisotopic (exact) mass is 250 g/mol. The summed E-state index contributed by atoms with van der Waals surface area (Å²) in [6, 6.07) is 1.75. The molecule has 0 aromatic heterocycles. The van der Waals surface area contributed by atoms with Crippen LogP contribution in [0.2, 0.25) is 0 Å². The summed E-state index contributed by atoms with van der Waals surface area (Å²) in [5, 5.41) is 3.55. The van der Waals surface area contributed by atoms with Crippen molar-refractivity contribution in [1.82, 2.24) is 10.2 Å². The SMILES string of the molecule is CCCN(C1CCNC1)C1CCCC(C2CC2)C1. The number of hydrogen-bond donors (Lipinski definition) is 1. The third kappa shape index (κ3) is 2.91. The molecule has 1 saturated heterocycles. The lowest BCUT2D eigenvalue weighted by Crippen LogP contribution is -2.47. The van der Waals surface area contributed by atoms with E-state index >= 15 is 0 Å². The van der Waals surface area contributed by atoms with Crippen molar-refractivity contribution in [1.29, 1.82) is 0 Å². The lowest BCUT2D eigenvalue weighted by Gasteiger charge is -2.41. The molecule has 2 aliphatic carbocycles. The Morgan fingerprint density at radius 1 is 1.00 bits per heavy atom. The standard InChI is InChI=1S/C16H30N2/c1-2-10-18(16-8-9-17-12-16)15-5-3-4-14(11-15)13-6-7-13/h13-17H,2-12H2,1H3. The molecule has 3 atom stereocenters. The maximum Gasteiger partial charge on any atom is 0.0235 e. The van der Waals surface area contributed by atoms with Gasteiger partial charge in [-0.3, -0.25) is 4.90 Å². The second-order valence-corrected chi connectivity index (χ2v) is 6.80. The van der Waals surface area contributed by atoms with E-state index in [2.05, 4.69) is 17.1 Å². The molecule has 2 nitrogen and oxygen atoms in total. The molecule has 0 spiro atoms. The summed E-state index contributed by atoms with van der Waals surface area (Å²) in [5.74, 6) is 2.20. The first-order chi connectivity index (χ1) is 8.88. The summed E-state index contributed by atoms with van der Waals surface area (Å²) in [6.07, 6.45) is 11.8. The van der Waals surface area contributed by atoms with Gasteiger partial charge in [0, 0.05) is 18.6 Å². The lowest BCUT2D eigenvalue weighted by molar-refractivity contribution is 0.0874. The predicted molar refractivity (Wildman–Crippen MR) is 76.7 cm³/mol. The van der Waals surface area contributed by atoms with E-state index < -0.39 is 0 Å². The van der Waals surface area contributed by atoms with Crippen LogP contribution >= 0.6 is 0 Å². The maximum atomic E-state index is 3.55. The Labute approximate surface area is 113 Å². The van der Waals surface area contributed by atoms with Gasteiger partial charge in [-0.15, -0.1) is 0 Å². The van der Waals surface area contributed by atoms with Gasteiger partial charge in [-0.25, -0.2) is 0 Å². The highest BCUT2D eigenvalue weighted by Crippen LogP contribution is 2.45. The van der Waals surface area contributed by atoms with Crippen LogP contribution in [0.15, 0.2) is 0 Å². The fourth-order valence-corrected chi connectivity index (χ4v) is 4.34. The molecule has 0 amide bonds. The van der Waals surface area contributed by atoms with Gasteiger partial charge in [0.1, 0.15) is 0 Å². The van der Waals surface area contributed by atoms with Gasteiger partial charge >= 0.3 is 0 Å². The Hall–Kier alpha value is -0.0800. The summed E-state index contributed by atoms with van der Waals surface area (Å²) in [4.78, 5) is 2.88. The van der Waals surface area contributed by atoms with E-state index in [0.29, 0.717) is 0 Å². The molecule has 0 aromatic rings. The zero-order chi connectivity index (χ0) is 12.4. The third-order valence-electron chi connectivity index (χ3n) is 5.43. The minimum atomic E-state index is 0.841. The highest BCUT2D eigenvalue weighted by Gasteiger charge is 2.37. The molecule has 0 bridgehead atoms. The highest BCUT2D eigenvalue weighted by molar-refractivity contribution is 4.92. The van der Waals surface area contributed by atoms with Gasteiger partial charge in [-0.1, -0.05) is 19.8 Å². The molecule has 2 saturated carbocycles. The maximum absolute atomic E-state index is 3.55. The Kier molecular flexibility index (Phi) is 4.25. The molecule has 3 fully saturated rings. The molecule has 18 heavy (non-hydrogen) atoms. The van der Waals surface area contributed by atoms with Crippen molar-refractivity contribution >= 4 is 0 Å². The quantitative estimate of drug-likeness (QED) is 0.807. The number of nitrogens with zero attached hydrogens (tertiary/aromatic N) is 1. The van der Waals surface area contributed by atoms with E-state index in [1.54, 1.807) is 0 Å². The van der Waals surface area contributed by atoms with Gasteiger partial charge in [0.05, 0.1) is 0 Å². The van der Waals surface area contributed by atoms with Crippen LogP contribution in [-0.2, 0) is 0 Å². The molecule has 3 unspecified atom stereocenters. The predicted octanol–water partition coefficient (Wildman–Crippen LogP) is 3.03. The molecule has 0 aromatic carbocycles. The minimum absolute atomic E-state index is 0.841. The molecule has 1 N–H and O–H groups in total. The average Bonchev–Trinajstić information content (AvgIpc) is 3.13. The molecule has 3 aliphatic rings. The summed E-state index contributed by atoms with van der Waals surface area (Å²) in [6.45, 7) is 6.15. The molecule has 2 heteroatoms.